The molecular weight excluding hydrogens is 291 g/mol. The number of hydrogen-bond acceptors (Lipinski definition) is 3. The van der Waals surface area contributed by atoms with Crippen molar-refractivity contribution in [3.63, 3.8) is 0 Å². The van der Waals surface area contributed by atoms with Gasteiger partial charge in [-0.15, -0.1) is 11.3 Å². The van der Waals surface area contributed by atoms with E-state index in [0.29, 0.717) is 18.7 Å². The second-order valence-corrected chi connectivity index (χ2v) is 4.95. The molecule has 0 saturated heterocycles. The Hall–Kier alpha value is -0.780. The zero-order valence-corrected chi connectivity index (χ0v) is 10.8. The summed E-state index contributed by atoms with van der Waals surface area (Å²) in [6.45, 7) is 1.16. The maximum Gasteiger partial charge on any atom is 0.127 e. The third-order valence-corrected chi connectivity index (χ3v) is 3.24. The molecule has 2 aromatic rings. The van der Waals surface area contributed by atoms with Gasteiger partial charge in [0.25, 0.3) is 0 Å². The zero-order chi connectivity index (χ0) is 11.4. The molecule has 0 bridgehead atoms. The van der Waals surface area contributed by atoms with E-state index in [4.69, 9.17) is 0 Å². The summed E-state index contributed by atoms with van der Waals surface area (Å²) in [5, 5.41) is 5.13. The van der Waals surface area contributed by atoms with Crippen LogP contribution in [0.1, 0.15) is 11.3 Å². The van der Waals surface area contributed by atoms with Gasteiger partial charge in [0, 0.05) is 28.5 Å². The summed E-state index contributed by atoms with van der Waals surface area (Å²) in [6, 6.07) is 4.94. The fraction of sp³-hybridized carbons (Fsp3) is 0.182. The van der Waals surface area contributed by atoms with Crippen molar-refractivity contribution in [1.29, 1.82) is 0 Å². The Labute approximate surface area is 106 Å². The fourth-order valence-corrected chi connectivity index (χ4v) is 2.30. The zero-order valence-electron chi connectivity index (χ0n) is 8.41. The van der Waals surface area contributed by atoms with Crippen molar-refractivity contribution in [1.82, 2.24) is 10.3 Å². The quantitative estimate of drug-likeness (QED) is 0.937. The molecule has 0 spiro atoms. The molecule has 0 aliphatic rings. The SMILES string of the molecule is Fc1ccc(Br)cc1CNCc1cscn1. The van der Waals surface area contributed by atoms with Gasteiger partial charge < -0.3 is 5.32 Å². The summed E-state index contributed by atoms with van der Waals surface area (Å²) in [5.74, 6) is -0.186. The lowest BCUT2D eigenvalue weighted by molar-refractivity contribution is 0.586. The Morgan fingerprint density at radius 2 is 2.25 bits per heavy atom. The summed E-state index contributed by atoms with van der Waals surface area (Å²) >= 11 is 4.88. The molecule has 16 heavy (non-hydrogen) atoms. The predicted molar refractivity (Wildman–Crippen MR) is 66.8 cm³/mol. The third kappa shape index (κ3) is 3.10. The average Bonchev–Trinajstić information content (AvgIpc) is 2.76. The van der Waals surface area contributed by atoms with Gasteiger partial charge >= 0.3 is 0 Å². The van der Waals surface area contributed by atoms with Crippen molar-refractivity contribution in [2.75, 3.05) is 0 Å². The molecule has 5 heteroatoms. The Kier molecular flexibility index (Phi) is 4.04. The molecule has 84 valence electrons. The molecule has 0 unspecified atom stereocenters. The van der Waals surface area contributed by atoms with Crippen LogP contribution < -0.4 is 5.32 Å². The first-order chi connectivity index (χ1) is 7.75. The van der Waals surface area contributed by atoms with E-state index in [9.17, 15) is 4.39 Å². The third-order valence-electron chi connectivity index (χ3n) is 2.11. The Bertz CT molecular complexity index is 459. The first-order valence-electron chi connectivity index (χ1n) is 4.77. The van der Waals surface area contributed by atoms with E-state index in [1.54, 1.807) is 29.0 Å². The van der Waals surface area contributed by atoms with Crippen LogP contribution in [0, 0.1) is 5.82 Å². The minimum absolute atomic E-state index is 0.186. The number of benzene rings is 1. The van der Waals surface area contributed by atoms with Crippen molar-refractivity contribution < 1.29 is 4.39 Å². The van der Waals surface area contributed by atoms with Gasteiger partial charge in [0.1, 0.15) is 5.82 Å². The van der Waals surface area contributed by atoms with Crippen LogP contribution in [0.25, 0.3) is 0 Å². The van der Waals surface area contributed by atoms with Crippen molar-refractivity contribution in [3.05, 3.63) is 50.6 Å². The van der Waals surface area contributed by atoms with E-state index in [1.807, 2.05) is 5.38 Å². The molecule has 0 aliphatic heterocycles. The van der Waals surface area contributed by atoms with Crippen molar-refractivity contribution in [2.24, 2.45) is 0 Å². The van der Waals surface area contributed by atoms with Crippen LogP contribution in [0.15, 0.2) is 33.6 Å². The van der Waals surface area contributed by atoms with Gasteiger partial charge in [0.2, 0.25) is 0 Å². The fourth-order valence-electron chi connectivity index (χ4n) is 1.33. The van der Waals surface area contributed by atoms with Gasteiger partial charge in [-0.25, -0.2) is 9.37 Å². The Morgan fingerprint density at radius 1 is 1.38 bits per heavy atom. The molecule has 0 atom stereocenters. The molecular formula is C11H10BrFN2S. The number of rotatable bonds is 4. The van der Waals surface area contributed by atoms with E-state index in [1.165, 1.54) is 6.07 Å². The van der Waals surface area contributed by atoms with Crippen molar-refractivity contribution >= 4 is 27.3 Å². The second-order valence-electron chi connectivity index (χ2n) is 3.32. The molecule has 2 rings (SSSR count). The molecule has 0 fully saturated rings. The number of halogens is 2. The van der Waals surface area contributed by atoms with Crippen LogP contribution in [-0.4, -0.2) is 4.98 Å². The van der Waals surface area contributed by atoms with Gasteiger partial charge in [0.15, 0.2) is 0 Å². The van der Waals surface area contributed by atoms with E-state index in [2.05, 4.69) is 26.2 Å². The minimum Gasteiger partial charge on any atom is -0.307 e. The second kappa shape index (κ2) is 5.52. The van der Waals surface area contributed by atoms with Gasteiger partial charge in [-0.3, -0.25) is 0 Å². The highest BCUT2D eigenvalue weighted by atomic mass is 79.9. The molecule has 0 amide bonds. The van der Waals surface area contributed by atoms with Crippen molar-refractivity contribution in [3.8, 4) is 0 Å². The van der Waals surface area contributed by atoms with E-state index < -0.39 is 0 Å². The summed E-state index contributed by atoms with van der Waals surface area (Å²) in [5.41, 5.74) is 3.43. The summed E-state index contributed by atoms with van der Waals surface area (Å²) in [4.78, 5) is 4.14. The Balaban J connectivity index is 1.92. The van der Waals surface area contributed by atoms with Gasteiger partial charge in [-0.05, 0) is 18.2 Å². The standard InChI is InChI=1S/C11H10BrFN2S/c12-9-1-2-11(13)8(3-9)4-14-5-10-6-16-7-15-10/h1-3,6-7,14H,4-5H2. The van der Waals surface area contributed by atoms with E-state index >= 15 is 0 Å². The first kappa shape index (κ1) is 11.7. The molecule has 1 aromatic carbocycles. The summed E-state index contributed by atoms with van der Waals surface area (Å²) in [7, 11) is 0. The van der Waals surface area contributed by atoms with E-state index in [0.717, 1.165) is 10.2 Å². The van der Waals surface area contributed by atoms with Crippen molar-refractivity contribution in [2.45, 2.75) is 13.1 Å². The molecule has 1 N–H and O–H groups in total. The lowest BCUT2D eigenvalue weighted by Gasteiger charge is -2.05. The summed E-state index contributed by atoms with van der Waals surface area (Å²) in [6.07, 6.45) is 0. The number of thiazole rings is 1. The maximum absolute atomic E-state index is 13.4. The normalized spacial score (nSPS) is 10.6. The van der Waals surface area contributed by atoms with Crippen LogP contribution in [0.4, 0.5) is 4.39 Å². The number of nitrogens with one attached hydrogen (secondary N) is 1. The highest BCUT2D eigenvalue weighted by Gasteiger charge is 2.02. The number of nitrogens with zero attached hydrogens (tertiary/aromatic N) is 1. The average molecular weight is 301 g/mol. The largest absolute Gasteiger partial charge is 0.307 e. The topological polar surface area (TPSA) is 24.9 Å². The number of hydrogen-bond donors (Lipinski definition) is 1. The van der Waals surface area contributed by atoms with Crippen LogP contribution in [0.2, 0.25) is 0 Å². The smallest absolute Gasteiger partial charge is 0.127 e. The molecule has 0 aliphatic carbocycles. The van der Waals surface area contributed by atoms with Crippen LogP contribution >= 0.6 is 27.3 Å². The molecule has 1 aromatic heterocycles. The van der Waals surface area contributed by atoms with Gasteiger partial charge in [-0.2, -0.15) is 0 Å². The molecule has 0 saturated carbocycles. The molecule has 1 heterocycles. The van der Waals surface area contributed by atoms with Gasteiger partial charge in [0.05, 0.1) is 11.2 Å². The van der Waals surface area contributed by atoms with Crippen LogP contribution in [0.3, 0.4) is 0 Å². The monoisotopic (exact) mass is 300 g/mol. The number of aromatic nitrogens is 1. The predicted octanol–water partition coefficient (Wildman–Crippen LogP) is 3.33. The highest BCUT2D eigenvalue weighted by Crippen LogP contribution is 2.15. The minimum atomic E-state index is -0.186. The van der Waals surface area contributed by atoms with Gasteiger partial charge in [-0.1, -0.05) is 15.9 Å². The first-order valence-corrected chi connectivity index (χ1v) is 6.51. The summed E-state index contributed by atoms with van der Waals surface area (Å²) < 4.78 is 14.2. The molecule has 0 radical (unpaired) electrons. The van der Waals surface area contributed by atoms with E-state index in [-0.39, 0.29) is 5.82 Å². The Morgan fingerprint density at radius 3 is 3.00 bits per heavy atom. The molecule has 2 nitrogen and oxygen atoms in total. The maximum atomic E-state index is 13.4. The van der Waals surface area contributed by atoms with Crippen LogP contribution in [0.5, 0.6) is 0 Å². The lowest BCUT2D eigenvalue weighted by Crippen LogP contribution is -2.13. The lowest BCUT2D eigenvalue weighted by atomic mass is 10.2. The van der Waals surface area contributed by atoms with Crippen LogP contribution in [-0.2, 0) is 13.1 Å². The highest BCUT2D eigenvalue weighted by molar-refractivity contribution is 9.10.